The monoisotopic (exact) mass is 245 g/mol. The van der Waals surface area contributed by atoms with Crippen molar-refractivity contribution in [3.05, 3.63) is 11.4 Å². The van der Waals surface area contributed by atoms with Crippen LogP contribution in [0.3, 0.4) is 0 Å². The Balaban J connectivity index is 2.68. The van der Waals surface area contributed by atoms with E-state index >= 15 is 0 Å². The average Bonchev–Trinajstić information content (AvgIpc) is 2.36. The lowest BCUT2D eigenvalue weighted by atomic mass is 10.3. The standard InChI is InChI=1S/C8H12BrN3O/c1-5-8(6(2)12-11-5)10-7(13)3-4-9/h3-4H2,1-2H3,(H,10,13)(H,11,12). The predicted molar refractivity (Wildman–Crippen MR) is 55.1 cm³/mol. The first-order chi connectivity index (χ1) is 6.15. The second kappa shape index (κ2) is 4.41. The van der Waals surface area contributed by atoms with Crippen molar-refractivity contribution in [2.75, 3.05) is 10.6 Å². The molecular formula is C8H12BrN3O. The summed E-state index contributed by atoms with van der Waals surface area (Å²) in [5.74, 6) is 0.00414. The number of carbonyl (C=O) groups excluding carboxylic acids is 1. The number of nitrogens with zero attached hydrogens (tertiary/aromatic N) is 1. The molecule has 0 aromatic carbocycles. The molecule has 1 aromatic heterocycles. The van der Waals surface area contributed by atoms with E-state index < -0.39 is 0 Å². The Morgan fingerprint density at radius 2 is 2.31 bits per heavy atom. The zero-order valence-corrected chi connectivity index (χ0v) is 9.23. The topological polar surface area (TPSA) is 57.8 Å². The number of hydrogen-bond donors (Lipinski definition) is 2. The Kier molecular flexibility index (Phi) is 3.48. The van der Waals surface area contributed by atoms with Gasteiger partial charge < -0.3 is 5.32 Å². The van der Waals surface area contributed by atoms with E-state index in [0.717, 1.165) is 17.1 Å². The maximum atomic E-state index is 11.2. The number of nitrogens with one attached hydrogen (secondary N) is 2. The van der Waals surface area contributed by atoms with Crippen LogP contribution in [0.4, 0.5) is 5.69 Å². The van der Waals surface area contributed by atoms with Gasteiger partial charge in [0.05, 0.1) is 17.1 Å². The van der Waals surface area contributed by atoms with E-state index in [0.29, 0.717) is 11.8 Å². The highest BCUT2D eigenvalue weighted by Crippen LogP contribution is 2.15. The summed E-state index contributed by atoms with van der Waals surface area (Å²) in [6, 6.07) is 0. The minimum absolute atomic E-state index is 0.00414. The number of amides is 1. The van der Waals surface area contributed by atoms with Crippen molar-refractivity contribution < 1.29 is 4.79 Å². The minimum atomic E-state index is 0.00414. The lowest BCUT2D eigenvalue weighted by Gasteiger charge is -2.02. The highest BCUT2D eigenvalue weighted by Gasteiger charge is 2.08. The second-order valence-electron chi connectivity index (χ2n) is 2.80. The fourth-order valence-corrected chi connectivity index (χ4v) is 1.38. The molecule has 0 spiro atoms. The maximum absolute atomic E-state index is 11.2. The summed E-state index contributed by atoms with van der Waals surface area (Å²) in [7, 11) is 0. The quantitative estimate of drug-likeness (QED) is 0.798. The van der Waals surface area contributed by atoms with E-state index in [9.17, 15) is 4.79 Å². The van der Waals surface area contributed by atoms with Crippen molar-refractivity contribution in [1.82, 2.24) is 10.2 Å². The first-order valence-corrected chi connectivity index (χ1v) is 5.14. The third-order valence-corrected chi connectivity index (χ3v) is 2.11. The highest BCUT2D eigenvalue weighted by atomic mass is 79.9. The molecular weight excluding hydrogens is 234 g/mol. The van der Waals surface area contributed by atoms with Gasteiger partial charge in [-0.25, -0.2) is 0 Å². The van der Waals surface area contributed by atoms with Gasteiger partial charge in [-0.15, -0.1) is 0 Å². The molecule has 72 valence electrons. The Morgan fingerprint density at radius 3 is 2.77 bits per heavy atom. The lowest BCUT2D eigenvalue weighted by Crippen LogP contribution is -2.12. The number of alkyl halides is 1. The number of aromatic nitrogens is 2. The van der Waals surface area contributed by atoms with Crippen molar-refractivity contribution >= 4 is 27.5 Å². The third-order valence-electron chi connectivity index (χ3n) is 1.71. The Bertz CT molecular complexity index is 289. The molecule has 0 fully saturated rings. The first kappa shape index (κ1) is 10.2. The molecule has 1 aromatic rings. The molecule has 0 unspecified atom stereocenters. The van der Waals surface area contributed by atoms with Crippen LogP contribution in [0.1, 0.15) is 17.8 Å². The number of rotatable bonds is 3. The predicted octanol–water partition coefficient (Wildman–Crippen LogP) is 1.75. The van der Waals surface area contributed by atoms with Gasteiger partial charge in [0.25, 0.3) is 0 Å². The molecule has 0 bridgehead atoms. The van der Waals surface area contributed by atoms with E-state index in [1.165, 1.54) is 0 Å². The molecule has 0 aliphatic carbocycles. The summed E-state index contributed by atoms with van der Waals surface area (Å²) in [4.78, 5) is 11.2. The van der Waals surface area contributed by atoms with Gasteiger partial charge in [0.15, 0.2) is 0 Å². The van der Waals surface area contributed by atoms with Gasteiger partial charge in [-0.3, -0.25) is 9.89 Å². The van der Waals surface area contributed by atoms with Crippen LogP contribution in [-0.2, 0) is 4.79 Å². The molecule has 0 radical (unpaired) electrons. The van der Waals surface area contributed by atoms with Gasteiger partial charge in [-0.2, -0.15) is 5.10 Å². The number of aryl methyl sites for hydroxylation is 2. The Labute approximate surface area is 85.2 Å². The number of carbonyl (C=O) groups is 1. The molecule has 0 saturated carbocycles. The molecule has 5 heteroatoms. The summed E-state index contributed by atoms with van der Waals surface area (Å²) in [5, 5.41) is 10.3. The lowest BCUT2D eigenvalue weighted by molar-refractivity contribution is -0.115. The molecule has 1 amide bonds. The van der Waals surface area contributed by atoms with E-state index in [2.05, 4.69) is 31.4 Å². The molecule has 1 heterocycles. The fourth-order valence-electron chi connectivity index (χ4n) is 1.02. The smallest absolute Gasteiger partial charge is 0.225 e. The van der Waals surface area contributed by atoms with Crippen LogP contribution in [0.5, 0.6) is 0 Å². The number of aromatic amines is 1. The van der Waals surface area contributed by atoms with Crippen LogP contribution in [0.2, 0.25) is 0 Å². The van der Waals surface area contributed by atoms with Gasteiger partial charge in [-0.1, -0.05) is 15.9 Å². The molecule has 0 aliphatic rings. The summed E-state index contributed by atoms with van der Waals surface area (Å²) in [6.07, 6.45) is 0.476. The van der Waals surface area contributed by atoms with Crippen molar-refractivity contribution in [3.8, 4) is 0 Å². The van der Waals surface area contributed by atoms with Crippen molar-refractivity contribution in [2.24, 2.45) is 0 Å². The fraction of sp³-hybridized carbons (Fsp3) is 0.500. The van der Waals surface area contributed by atoms with E-state index in [1.807, 2.05) is 13.8 Å². The minimum Gasteiger partial charge on any atom is -0.323 e. The summed E-state index contributed by atoms with van der Waals surface area (Å²) >= 11 is 3.21. The van der Waals surface area contributed by atoms with Gasteiger partial charge in [0, 0.05) is 11.8 Å². The molecule has 1 rings (SSSR count). The van der Waals surface area contributed by atoms with E-state index in [-0.39, 0.29) is 5.91 Å². The van der Waals surface area contributed by atoms with Crippen LogP contribution in [0.15, 0.2) is 0 Å². The maximum Gasteiger partial charge on any atom is 0.225 e. The molecule has 0 saturated heterocycles. The van der Waals surface area contributed by atoms with Gasteiger partial charge in [0.2, 0.25) is 5.91 Å². The zero-order chi connectivity index (χ0) is 9.84. The zero-order valence-electron chi connectivity index (χ0n) is 7.65. The summed E-state index contributed by atoms with van der Waals surface area (Å²) in [5.41, 5.74) is 2.51. The number of halogens is 1. The SMILES string of the molecule is Cc1n[nH]c(C)c1NC(=O)CCBr. The first-order valence-electron chi connectivity index (χ1n) is 4.02. The normalized spacial score (nSPS) is 10.1. The van der Waals surface area contributed by atoms with Gasteiger partial charge in [-0.05, 0) is 13.8 Å². The molecule has 0 atom stereocenters. The van der Waals surface area contributed by atoms with Crippen LogP contribution in [-0.4, -0.2) is 21.4 Å². The third kappa shape index (κ3) is 2.55. The summed E-state index contributed by atoms with van der Waals surface area (Å²) < 4.78 is 0. The largest absolute Gasteiger partial charge is 0.323 e. The van der Waals surface area contributed by atoms with Crippen molar-refractivity contribution in [1.29, 1.82) is 0 Å². The van der Waals surface area contributed by atoms with E-state index in [1.54, 1.807) is 0 Å². The second-order valence-corrected chi connectivity index (χ2v) is 3.59. The number of anilines is 1. The van der Waals surface area contributed by atoms with Crippen LogP contribution in [0.25, 0.3) is 0 Å². The number of H-pyrrole nitrogens is 1. The van der Waals surface area contributed by atoms with Crippen LogP contribution in [0, 0.1) is 13.8 Å². The average molecular weight is 246 g/mol. The van der Waals surface area contributed by atoms with Gasteiger partial charge >= 0.3 is 0 Å². The molecule has 4 nitrogen and oxygen atoms in total. The molecule has 2 N–H and O–H groups in total. The Hall–Kier alpha value is -0.840. The summed E-state index contributed by atoms with van der Waals surface area (Å²) in [6.45, 7) is 3.73. The van der Waals surface area contributed by atoms with Crippen molar-refractivity contribution in [3.63, 3.8) is 0 Å². The molecule has 0 aliphatic heterocycles. The number of hydrogen-bond acceptors (Lipinski definition) is 2. The van der Waals surface area contributed by atoms with E-state index in [4.69, 9.17) is 0 Å². The highest BCUT2D eigenvalue weighted by molar-refractivity contribution is 9.09. The van der Waals surface area contributed by atoms with Crippen LogP contribution >= 0.6 is 15.9 Å². The Morgan fingerprint density at radius 1 is 1.62 bits per heavy atom. The molecule has 13 heavy (non-hydrogen) atoms. The van der Waals surface area contributed by atoms with Gasteiger partial charge in [0.1, 0.15) is 0 Å². The van der Waals surface area contributed by atoms with Crippen LogP contribution < -0.4 is 5.32 Å². The van der Waals surface area contributed by atoms with Crippen molar-refractivity contribution in [2.45, 2.75) is 20.3 Å².